The number of hydrogen-bond acceptors (Lipinski definition) is 8. The lowest BCUT2D eigenvalue weighted by Crippen LogP contribution is -2.29. The van der Waals surface area contributed by atoms with Gasteiger partial charge in [-0.3, -0.25) is 14.5 Å². The summed E-state index contributed by atoms with van der Waals surface area (Å²) in [7, 11) is 0. The van der Waals surface area contributed by atoms with Crippen molar-refractivity contribution in [3.8, 4) is 11.5 Å². The molecule has 0 radical (unpaired) electrons. The molecule has 4 aromatic rings. The number of carbonyl (C=O) groups excluding carboxylic acids is 1. The summed E-state index contributed by atoms with van der Waals surface area (Å²) in [5, 5.41) is 10.3. The summed E-state index contributed by atoms with van der Waals surface area (Å²) >= 11 is 1.35. The van der Waals surface area contributed by atoms with Crippen LogP contribution in [-0.4, -0.2) is 29.3 Å². The van der Waals surface area contributed by atoms with Crippen LogP contribution >= 0.6 is 11.3 Å². The lowest BCUT2D eigenvalue weighted by Gasteiger charge is -2.23. The molecule has 0 spiro atoms. The molecule has 1 atom stereocenters. The number of fused-ring (bicyclic) bond motifs is 2. The topological polar surface area (TPSA) is 94.8 Å². The Morgan fingerprint density at radius 2 is 1.78 bits per heavy atom. The van der Waals surface area contributed by atoms with Crippen LogP contribution < -0.4 is 19.8 Å². The number of aromatic nitrogens is 2. The summed E-state index contributed by atoms with van der Waals surface area (Å²) in [4.78, 5) is 29.0. The molecule has 36 heavy (non-hydrogen) atoms. The highest BCUT2D eigenvalue weighted by molar-refractivity contribution is 7.15. The van der Waals surface area contributed by atoms with E-state index < -0.39 is 11.9 Å². The fourth-order valence-electron chi connectivity index (χ4n) is 4.44. The van der Waals surface area contributed by atoms with Gasteiger partial charge in [0.1, 0.15) is 10.6 Å². The van der Waals surface area contributed by atoms with E-state index in [0.717, 1.165) is 11.4 Å². The predicted molar refractivity (Wildman–Crippen MR) is 138 cm³/mol. The number of rotatable bonds is 8. The van der Waals surface area contributed by atoms with E-state index in [4.69, 9.17) is 13.9 Å². The second kappa shape index (κ2) is 9.73. The molecule has 1 aliphatic heterocycles. The van der Waals surface area contributed by atoms with Gasteiger partial charge < -0.3 is 13.9 Å². The third-order valence-electron chi connectivity index (χ3n) is 5.91. The van der Waals surface area contributed by atoms with Gasteiger partial charge in [-0.25, -0.2) is 0 Å². The first-order chi connectivity index (χ1) is 17.4. The summed E-state index contributed by atoms with van der Waals surface area (Å²) < 4.78 is 17.6. The summed E-state index contributed by atoms with van der Waals surface area (Å²) in [5.41, 5.74) is 1.10. The van der Waals surface area contributed by atoms with Gasteiger partial charge >= 0.3 is 0 Å². The highest BCUT2D eigenvalue weighted by Gasteiger charge is 2.45. The predicted octanol–water partition coefficient (Wildman–Crippen LogP) is 5.39. The Morgan fingerprint density at radius 3 is 2.53 bits per heavy atom. The third kappa shape index (κ3) is 4.13. The van der Waals surface area contributed by atoms with Crippen LogP contribution in [0.25, 0.3) is 11.0 Å². The Morgan fingerprint density at radius 1 is 1.03 bits per heavy atom. The van der Waals surface area contributed by atoms with Gasteiger partial charge in [-0.05, 0) is 49.6 Å². The number of anilines is 1. The molecule has 3 heterocycles. The van der Waals surface area contributed by atoms with Crippen LogP contribution in [-0.2, 0) is 6.42 Å². The van der Waals surface area contributed by atoms with Gasteiger partial charge in [0, 0.05) is 6.42 Å². The second-order valence-electron chi connectivity index (χ2n) is 8.90. The maximum atomic E-state index is 13.8. The van der Waals surface area contributed by atoms with E-state index >= 15 is 0 Å². The summed E-state index contributed by atoms with van der Waals surface area (Å²) in [6.45, 7) is 8.91. The molecular weight excluding hydrogens is 478 g/mol. The lowest BCUT2D eigenvalue weighted by atomic mass is 9.98. The quantitative estimate of drug-likeness (QED) is 0.317. The van der Waals surface area contributed by atoms with Gasteiger partial charge in [0.05, 0.1) is 30.2 Å². The zero-order chi connectivity index (χ0) is 25.4. The van der Waals surface area contributed by atoms with Gasteiger partial charge in [-0.1, -0.05) is 43.4 Å². The minimum Gasteiger partial charge on any atom is -0.490 e. The highest BCUT2D eigenvalue weighted by Crippen LogP contribution is 2.44. The van der Waals surface area contributed by atoms with E-state index in [1.54, 1.807) is 30.3 Å². The summed E-state index contributed by atoms with van der Waals surface area (Å²) in [6, 6.07) is 11.7. The number of hydrogen-bond donors (Lipinski definition) is 0. The van der Waals surface area contributed by atoms with Crippen molar-refractivity contribution in [1.29, 1.82) is 0 Å². The normalized spacial score (nSPS) is 15.1. The molecule has 1 amide bonds. The fourth-order valence-corrected chi connectivity index (χ4v) is 5.52. The standard InChI is InChI=1S/C27H27N3O5S/c1-5-33-19-12-11-16(14-20(19)34-6-2)23-22-24(31)17-9-7-8-10-18(17)35-25(22)26(32)30(23)27-29-28-21(36-27)13-15(3)4/h7-12,14-15,23H,5-6,13H2,1-4H3. The average Bonchev–Trinajstić information content (AvgIpc) is 3.42. The smallest absolute Gasteiger partial charge is 0.297 e. The number of ether oxygens (including phenoxy) is 2. The van der Waals surface area contributed by atoms with Gasteiger partial charge in [0.15, 0.2) is 16.9 Å². The first kappa shape index (κ1) is 24.0. The van der Waals surface area contributed by atoms with Gasteiger partial charge in [0.25, 0.3) is 5.91 Å². The van der Waals surface area contributed by atoms with Gasteiger partial charge in [0.2, 0.25) is 10.9 Å². The largest absolute Gasteiger partial charge is 0.490 e. The minimum absolute atomic E-state index is 0.0242. The van der Waals surface area contributed by atoms with Crippen LogP contribution in [0.15, 0.2) is 51.7 Å². The maximum absolute atomic E-state index is 13.8. The zero-order valence-electron chi connectivity index (χ0n) is 20.6. The molecule has 5 rings (SSSR count). The lowest BCUT2D eigenvalue weighted by molar-refractivity contribution is 0.0970. The van der Waals surface area contributed by atoms with Crippen molar-refractivity contribution in [2.24, 2.45) is 5.92 Å². The third-order valence-corrected chi connectivity index (χ3v) is 6.85. The fraction of sp³-hybridized carbons (Fsp3) is 0.333. The van der Waals surface area contributed by atoms with E-state index in [-0.39, 0.29) is 16.8 Å². The Hall–Kier alpha value is -3.72. The van der Waals surface area contributed by atoms with Crippen LogP contribution in [0.1, 0.15) is 60.4 Å². The van der Waals surface area contributed by atoms with E-state index in [1.807, 2.05) is 26.0 Å². The van der Waals surface area contributed by atoms with Crippen molar-refractivity contribution in [3.63, 3.8) is 0 Å². The Bertz CT molecular complexity index is 1490. The molecule has 0 saturated carbocycles. The van der Waals surface area contributed by atoms with Crippen LogP contribution in [0.4, 0.5) is 5.13 Å². The molecule has 0 fully saturated rings. The molecule has 2 aromatic carbocycles. The van der Waals surface area contributed by atoms with Crippen LogP contribution in [0.3, 0.4) is 0 Å². The van der Waals surface area contributed by atoms with E-state index in [9.17, 15) is 9.59 Å². The SMILES string of the molecule is CCOc1ccc(C2c3c(oc4ccccc4c3=O)C(=O)N2c2nnc(CC(C)C)s2)cc1OCC. The molecule has 186 valence electrons. The Kier molecular flexibility index (Phi) is 6.49. The first-order valence-electron chi connectivity index (χ1n) is 12.0. The summed E-state index contributed by atoms with van der Waals surface area (Å²) in [6.07, 6.45) is 0.746. The molecule has 0 N–H and O–H groups in total. The minimum atomic E-state index is -0.747. The van der Waals surface area contributed by atoms with Crippen molar-refractivity contribution >= 4 is 33.3 Å². The van der Waals surface area contributed by atoms with Gasteiger partial charge in [-0.2, -0.15) is 0 Å². The van der Waals surface area contributed by atoms with E-state index in [0.29, 0.717) is 52.3 Å². The van der Waals surface area contributed by atoms with Crippen LogP contribution in [0, 0.1) is 5.92 Å². The van der Waals surface area contributed by atoms with Crippen molar-refractivity contribution in [3.05, 3.63) is 74.6 Å². The zero-order valence-corrected chi connectivity index (χ0v) is 21.4. The van der Waals surface area contributed by atoms with Gasteiger partial charge in [-0.15, -0.1) is 10.2 Å². The van der Waals surface area contributed by atoms with Crippen LogP contribution in [0.5, 0.6) is 11.5 Å². The number of benzene rings is 2. The molecule has 0 bridgehead atoms. The van der Waals surface area contributed by atoms with Crippen molar-refractivity contribution in [2.45, 2.75) is 40.2 Å². The molecule has 0 aliphatic carbocycles. The number of para-hydroxylation sites is 1. The molecular formula is C27H27N3O5S. The summed E-state index contributed by atoms with van der Waals surface area (Å²) in [5.74, 6) is 1.13. The van der Waals surface area contributed by atoms with Crippen LogP contribution in [0.2, 0.25) is 0 Å². The number of nitrogens with zero attached hydrogens (tertiary/aromatic N) is 3. The monoisotopic (exact) mass is 505 g/mol. The van der Waals surface area contributed by atoms with Crippen molar-refractivity contribution in [2.75, 3.05) is 18.1 Å². The molecule has 1 aliphatic rings. The number of amides is 1. The Balaban J connectivity index is 1.72. The van der Waals surface area contributed by atoms with Crippen molar-refractivity contribution < 1.29 is 18.7 Å². The average molecular weight is 506 g/mol. The molecule has 1 unspecified atom stereocenters. The molecule has 0 saturated heterocycles. The maximum Gasteiger partial charge on any atom is 0.297 e. The number of carbonyl (C=O) groups is 1. The molecule has 2 aromatic heterocycles. The van der Waals surface area contributed by atoms with E-state index in [2.05, 4.69) is 24.0 Å². The second-order valence-corrected chi connectivity index (χ2v) is 9.94. The molecule has 8 nitrogen and oxygen atoms in total. The highest BCUT2D eigenvalue weighted by atomic mass is 32.1. The Labute approximate surface area is 212 Å². The van der Waals surface area contributed by atoms with E-state index in [1.165, 1.54) is 16.2 Å². The van der Waals surface area contributed by atoms with Crippen molar-refractivity contribution in [1.82, 2.24) is 10.2 Å². The molecule has 9 heteroatoms. The first-order valence-corrected chi connectivity index (χ1v) is 12.9.